The van der Waals surface area contributed by atoms with Gasteiger partial charge in [-0.2, -0.15) is 17.4 Å². The van der Waals surface area contributed by atoms with Crippen LogP contribution in [0.15, 0.2) is 42.5 Å². The first-order valence-corrected chi connectivity index (χ1v) is 11.3. The summed E-state index contributed by atoms with van der Waals surface area (Å²) < 4.78 is 41.3. The largest absolute Gasteiger partial charge is 0.351 e. The van der Waals surface area contributed by atoms with E-state index in [1.807, 2.05) is 0 Å². The van der Waals surface area contributed by atoms with Crippen LogP contribution >= 0.6 is 23.2 Å². The Morgan fingerprint density at radius 3 is 2.48 bits per heavy atom. The molecule has 2 amide bonds. The molecule has 2 atom stereocenters. The normalized spacial score (nSPS) is 20.8. The molecule has 166 valence electrons. The van der Waals surface area contributed by atoms with Crippen LogP contribution in [0.25, 0.3) is 0 Å². The van der Waals surface area contributed by atoms with Gasteiger partial charge in [0.1, 0.15) is 17.9 Å². The van der Waals surface area contributed by atoms with Crippen molar-refractivity contribution in [3.8, 4) is 0 Å². The van der Waals surface area contributed by atoms with Crippen molar-refractivity contribution in [2.24, 2.45) is 0 Å². The van der Waals surface area contributed by atoms with E-state index in [4.69, 9.17) is 23.2 Å². The highest BCUT2D eigenvalue weighted by Gasteiger charge is 2.42. The summed E-state index contributed by atoms with van der Waals surface area (Å²) >= 11 is 11.5. The molecule has 1 aliphatic rings. The average molecular weight is 489 g/mol. The third-order valence-corrected chi connectivity index (χ3v) is 6.89. The van der Waals surface area contributed by atoms with Crippen molar-refractivity contribution in [3.05, 3.63) is 63.9 Å². The van der Waals surface area contributed by atoms with Crippen molar-refractivity contribution in [3.63, 3.8) is 0 Å². The smallest absolute Gasteiger partial charge is 0.280 e. The summed E-state index contributed by atoms with van der Waals surface area (Å²) in [6.45, 7) is 0.162. The summed E-state index contributed by atoms with van der Waals surface area (Å²) in [4.78, 5) is 25.3. The molecule has 2 aromatic rings. The lowest BCUT2D eigenvalue weighted by Crippen LogP contribution is -2.62. The van der Waals surface area contributed by atoms with E-state index in [2.05, 4.69) is 15.4 Å². The molecule has 1 saturated heterocycles. The summed E-state index contributed by atoms with van der Waals surface area (Å²) in [6, 6.07) is 8.06. The second-order valence-electron chi connectivity index (χ2n) is 6.91. The SMILES string of the molecule is CN1C(C(=O)Nc2ccc(F)c(Cl)c2)CC(C(=O)NCc2ccc(Cl)cc2)NS1(=O)=O. The van der Waals surface area contributed by atoms with Gasteiger partial charge in [-0.05, 0) is 42.3 Å². The third-order valence-electron chi connectivity index (χ3n) is 4.75. The predicted octanol–water partition coefficient (Wildman–Crippen LogP) is 2.29. The molecular formula is C19H19Cl2FN4O4S. The zero-order valence-electron chi connectivity index (χ0n) is 16.2. The van der Waals surface area contributed by atoms with Gasteiger partial charge < -0.3 is 10.6 Å². The maximum Gasteiger partial charge on any atom is 0.280 e. The molecule has 0 spiro atoms. The first kappa shape index (κ1) is 23.4. The molecule has 3 N–H and O–H groups in total. The second-order valence-corrected chi connectivity index (χ2v) is 9.51. The summed E-state index contributed by atoms with van der Waals surface area (Å²) in [5.74, 6) is -1.90. The van der Waals surface area contributed by atoms with Crippen molar-refractivity contribution in [1.82, 2.24) is 14.3 Å². The van der Waals surface area contributed by atoms with E-state index in [0.29, 0.717) is 5.02 Å². The van der Waals surface area contributed by atoms with Crippen LogP contribution in [0.1, 0.15) is 12.0 Å². The topological polar surface area (TPSA) is 108 Å². The highest BCUT2D eigenvalue weighted by Crippen LogP contribution is 2.22. The van der Waals surface area contributed by atoms with Crippen LogP contribution in [0.3, 0.4) is 0 Å². The van der Waals surface area contributed by atoms with Crippen molar-refractivity contribution < 1.29 is 22.4 Å². The minimum Gasteiger partial charge on any atom is -0.351 e. The summed E-state index contributed by atoms with van der Waals surface area (Å²) in [5, 5.41) is 5.51. The molecule has 0 bridgehead atoms. The van der Waals surface area contributed by atoms with Crippen LogP contribution in [0.5, 0.6) is 0 Å². The number of likely N-dealkylation sites (N-methyl/N-ethyl adjacent to an activating group) is 1. The molecule has 2 aromatic carbocycles. The van der Waals surface area contributed by atoms with Crippen LogP contribution in [0, 0.1) is 5.82 Å². The van der Waals surface area contributed by atoms with Gasteiger partial charge in [-0.15, -0.1) is 0 Å². The highest BCUT2D eigenvalue weighted by molar-refractivity contribution is 7.87. The van der Waals surface area contributed by atoms with E-state index >= 15 is 0 Å². The number of nitrogens with zero attached hydrogens (tertiary/aromatic N) is 1. The minimum atomic E-state index is -4.09. The first-order chi connectivity index (χ1) is 14.6. The number of amides is 2. The van der Waals surface area contributed by atoms with E-state index in [1.54, 1.807) is 24.3 Å². The zero-order chi connectivity index (χ0) is 22.8. The lowest BCUT2D eigenvalue weighted by molar-refractivity contribution is -0.124. The van der Waals surface area contributed by atoms with E-state index in [1.165, 1.54) is 19.2 Å². The fourth-order valence-electron chi connectivity index (χ4n) is 3.00. The Balaban J connectivity index is 1.70. The Morgan fingerprint density at radius 1 is 1.16 bits per heavy atom. The summed E-state index contributed by atoms with van der Waals surface area (Å²) in [7, 11) is -2.86. The van der Waals surface area contributed by atoms with Crippen LogP contribution in [-0.4, -0.2) is 43.7 Å². The van der Waals surface area contributed by atoms with Gasteiger partial charge in [-0.3, -0.25) is 9.59 Å². The molecule has 12 heteroatoms. The Morgan fingerprint density at radius 2 is 1.84 bits per heavy atom. The minimum absolute atomic E-state index is 0.108. The lowest BCUT2D eigenvalue weighted by Gasteiger charge is -2.35. The monoisotopic (exact) mass is 488 g/mol. The average Bonchev–Trinajstić information content (AvgIpc) is 2.71. The molecule has 0 aliphatic carbocycles. The van der Waals surface area contributed by atoms with Gasteiger partial charge in [-0.25, -0.2) is 4.39 Å². The molecule has 1 aliphatic heterocycles. The second kappa shape index (κ2) is 9.49. The Hall–Kier alpha value is -2.24. The zero-order valence-corrected chi connectivity index (χ0v) is 18.6. The Labute approximate surface area is 188 Å². The molecule has 1 fully saturated rings. The quantitative estimate of drug-likeness (QED) is 0.599. The molecular weight excluding hydrogens is 470 g/mol. The maximum atomic E-state index is 13.3. The third kappa shape index (κ3) is 5.72. The van der Waals surface area contributed by atoms with Crippen molar-refractivity contribution in [1.29, 1.82) is 0 Å². The number of carbonyl (C=O) groups is 2. The Kier molecular flexibility index (Phi) is 7.17. The van der Waals surface area contributed by atoms with Crippen molar-refractivity contribution >= 4 is 50.9 Å². The number of benzene rings is 2. The van der Waals surface area contributed by atoms with Crippen LogP contribution < -0.4 is 15.4 Å². The molecule has 3 rings (SSSR count). The van der Waals surface area contributed by atoms with Crippen LogP contribution in [0.4, 0.5) is 10.1 Å². The maximum absolute atomic E-state index is 13.3. The molecule has 0 radical (unpaired) electrons. The first-order valence-electron chi connectivity index (χ1n) is 9.10. The van der Waals surface area contributed by atoms with Gasteiger partial charge in [0.15, 0.2) is 0 Å². The van der Waals surface area contributed by atoms with Gasteiger partial charge >= 0.3 is 0 Å². The molecule has 0 saturated carbocycles. The van der Waals surface area contributed by atoms with Gasteiger partial charge in [-0.1, -0.05) is 35.3 Å². The molecule has 1 heterocycles. The number of hydrogen-bond acceptors (Lipinski definition) is 4. The van der Waals surface area contributed by atoms with Gasteiger partial charge in [0.25, 0.3) is 10.2 Å². The van der Waals surface area contributed by atoms with Gasteiger partial charge in [0.05, 0.1) is 5.02 Å². The van der Waals surface area contributed by atoms with Crippen LogP contribution in [0.2, 0.25) is 10.0 Å². The number of anilines is 1. The fraction of sp³-hybridized carbons (Fsp3) is 0.263. The predicted molar refractivity (Wildman–Crippen MR) is 115 cm³/mol. The number of nitrogens with one attached hydrogen (secondary N) is 3. The fourth-order valence-corrected chi connectivity index (χ4v) is 4.55. The molecule has 8 nitrogen and oxygen atoms in total. The molecule has 2 unspecified atom stereocenters. The number of halogens is 3. The summed E-state index contributed by atoms with van der Waals surface area (Å²) in [5.41, 5.74) is 0.973. The van der Waals surface area contributed by atoms with Gasteiger partial charge in [0, 0.05) is 24.3 Å². The van der Waals surface area contributed by atoms with Gasteiger partial charge in [0.2, 0.25) is 11.8 Å². The van der Waals surface area contributed by atoms with E-state index < -0.39 is 39.9 Å². The van der Waals surface area contributed by atoms with E-state index in [9.17, 15) is 22.4 Å². The van der Waals surface area contributed by atoms with Crippen molar-refractivity contribution in [2.45, 2.75) is 25.0 Å². The Bertz CT molecular complexity index is 1100. The standard InChI is InChI=1S/C19H19Cl2FN4O4S/c1-26-17(19(28)24-13-6-7-15(22)14(21)8-13)9-16(25-31(26,29)30)18(27)23-10-11-2-4-12(20)5-3-11/h2-8,16-17,25H,9-10H2,1H3,(H,23,27)(H,24,28). The highest BCUT2D eigenvalue weighted by atomic mass is 35.5. The number of rotatable bonds is 5. The molecule has 0 aromatic heterocycles. The molecule has 31 heavy (non-hydrogen) atoms. The number of hydrogen-bond donors (Lipinski definition) is 3. The summed E-state index contributed by atoms with van der Waals surface area (Å²) in [6.07, 6.45) is -0.108. The van der Waals surface area contributed by atoms with Crippen molar-refractivity contribution in [2.75, 3.05) is 12.4 Å². The van der Waals surface area contributed by atoms with E-state index in [0.717, 1.165) is 15.9 Å². The number of carbonyl (C=O) groups excluding carboxylic acids is 2. The van der Waals surface area contributed by atoms with E-state index in [-0.39, 0.29) is 23.7 Å². The lowest BCUT2D eigenvalue weighted by atomic mass is 10.1. The van der Waals surface area contributed by atoms with Crippen LogP contribution in [-0.2, 0) is 26.3 Å².